The van der Waals surface area contributed by atoms with Gasteiger partial charge in [0.05, 0.1) is 5.25 Å². The fourth-order valence-corrected chi connectivity index (χ4v) is 3.03. The van der Waals surface area contributed by atoms with Crippen molar-refractivity contribution in [2.75, 3.05) is 25.4 Å². The molecule has 2 atom stereocenters. The van der Waals surface area contributed by atoms with E-state index < -0.39 is 0 Å². The average Bonchev–Trinajstić information content (AvgIpc) is 2.82. The summed E-state index contributed by atoms with van der Waals surface area (Å²) in [6.45, 7) is 7.29. The summed E-state index contributed by atoms with van der Waals surface area (Å²) in [5.41, 5.74) is 0. The van der Waals surface area contributed by atoms with Gasteiger partial charge in [-0.05, 0) is 50.9 Å². The molecule has 0 bridgehead atoms. The molecule has 2 unspecified atom stereocenters. The van der Waals surface area contributed by atoms with E-state index in [0.717, 1.165) is 37.7 Å². The lowest BCUT2D eigenvalue weighted by atomic mass is 10.1. The number of hydrogen-bond donors (Lipinski definition) is 2. The first-order chi connectivity index (χ1) is 8.24. The first-order valence-electron chi connectivity index (χ1n) is 6.84. The predicted molar refractivity (Wildman–Crippen MR) is 75.4 cm³/mol. The number of thioether (sulfide) groups is 1. The van der Waals surface area contributed by atoms with Gasteiger partial charge in [-0.1, -0.05) is 13.3 Å². The van der Waals surface area contributed by atoms with Crippen LogP contribution in [0.1, 0.15) is 39.5 Å². The van der Waals surface area contributed by atoms with Crippen LogP contribution in [0.2, 0.25) is 0 Å². The SMILES string of the molecule is CCCCSC(C)C(=O)NCCC1CCNC1. The Kier molecular flexibility index (Phi) is 7.69. The van der Waals surface area contributed by atoms with Crippen molar-refractivity contribution in [3.63, 3.8) is 0 Å². The molecule has 1 aliphatic rings. The summed E-state index contributed by atoms with van der Waals surface area (Å²) in [6, 6.07) is 0. The zero-order valence-corrected chi connectivity index (χ0v) is 11.9. The standard InChI is InChI=1S/C13H26N2OS/c1-3-4-9-17-11(2)13(16)15-8-6-12-5-7-14-10-12/h11-12,14H,3-10H2,1-2H3,(H,15,16). The van der Waals surface area contributed by atoms with Crippen LogP contribution in [0.3, 0.4) is 0 Å². The minimum Gasteiger partial charge on any atom is -0.355 e. The molecule has 1 aliphatic heterocycles. The van der Waals surface area contributed by atoms with Gasteiger partial charge >= 0.3 is 0 Å². The Hall–Kier alpha value is -0.220. The molecule has 17 heavy (non-hydrogen) atoms. The Morgan fingerprint density at radius 3 is 3.06 bits per heavy atom. The van der Waals surface area contributed by atoms with Gasteiger partial charge in [-0.15, -0.1) is 11.8 Å². The highest BCUT2D eigenvalue weighted by molar-refractivity contribution is 8.00. The fraction of sp³-hybridized carbons (Fsp3) is 0.923. The zero-order chi connectivity index (χ0) is 12.5. The second-order valence-electron chi connectivity index (χ2n) is 4.81. The lowest BCUT2D eigenvalue weighted by molar-refractivity contribution is -0.120. The van der Waals surface area contributed by atoms with Crippen LogP contribution >= 0.6 is 11.8 Å². The van der Waals surface area contributed by atoms with Crippen LogP contribution in [0.15, 0.2) is 0 Å². The van der Waals surface area contributed by atoms with Gasteiger partial charge in [0.15, 0.2) is 0 Å². The highest BCUT2D eigenvalue weighted by Crippen LogP contribution is 2.13. The van der Waals surface area contributed by atoms with Crippen LogP contribution in [0, 0.1) is 5.92 Å². The Morgan fingerprint density at radius 1 is 1.59 bits per heavy atom. The van der Waals surface area contributed by atoms with Crippen molar-refractivity contribution in [2.24, 2.45) is 5.92 Å². The number of carbonyl (C=O) groups is 1. The molecule has 3 nitrogen and oxygen atoms in total. The van der Waals surface area contributed by atoms with E-state index in [4.69, 9.17) is 0 Å². The number of amides is 1. The van der Waals surface area contributed by atoms with Gasteiger partial charge in [-0.2, -0.15) is 0 Å². The summed E-state index contributed by atoms with van der Waals surface area (Å²) in [5.74, 6) is 2.06. The smallest absolute Gasteiger partial charge is 0.232 e. The van der Waals surface area contributed by atoms with Crippen LogP contribution in [0.5, 0.6) is 0 Å². The Morgan fingerprint density at radius 2 is 2.41 bits per heavy atom. The maximum atomic E-state index is 11.8. The van der Waals surface area contributed by atoms with Crippen LogP contribution in [-0.4, -0.2) is 36.5 Å². The first kappa shape index (κ1) is 14.8. The maximum absolute atomic E-state index is 11.8. The third-order valence-electron chi connectivity index (χ3n) is 3.25. The third-order valence-corrected chi connectivity index (χ3v) is 4.49. The molecule has 0 aromatic heterocycles. The van der Waals surface area contributed by atoms with E-state index in [1.807, 2.05) is 6.92 Å². The molecule has 4 heteroatoms. The van der Waals surface area contributed by atoms with Gasteiger partial charge in [0.2, 0.25) is 5.91 Å². The number of nitrogens with one attached hydrogen (secondary N) is 2. The molecule has 2 N–H and O–H groups in total. The van der Waals surface area contributed by atoms with Crippen LogP contribution < -0.4 is 10.6 Å². The van der Waals surface area contributed by atoms with Crippen LogP contribution in [0.25, 0.3) is 0 Å². The van der Waals surface area contributed by atoms with Crippen molar-refractivity contribution >= 4 is 17.7 Å². The van der Waals surface area contributed by atoms with Crippen molar-refractivity contribution in [1.82, 2.24) is 10.6 Å². The molecule has 0 radical (unpaired) electrons. The molecular weight excluding hydrogens is 232 g/mol. The van der Waals surface area contributed by atoms with E-state index >= 15 is 0 Å². The lowest BCUT2D eigenvalue weighted by Gasteiger charge is -2.13. The Bertz CT molecular complexity index is 217. The Balaban J connectivity index is 2.02. The fourth-order valence-electron chi connectivity index (χ4n) is 1.98. The second kappa shape index (κ2) is 8.81. The van der Waals surface area contributed by atoms with E-state index in [-0.39, 0.29) is 11.2 Å². The first-order valence-corrected chi connectivity index (χ1v) is 7.89. The minimum atomic E-state index is 0.100. The minimum absolute atomic E-state index is 0.100. The largest absolute Gasteiger partial charge is 0.355 e. The molecule has 1 heterocycles. The van der Waals surface area contributed by atoms with E-state index in [1.54, 1.807) is 11.8 Å². The summed E-state index contributed by atoms with van der Waals surface area (Å²) in [4.78, 5) is 11.8. The molecule has 1 fully saturated rings. The molecule has 0 aromatic carbocycles. The summed E-state index contributed by atoms with van der Waals surface area (Å²) in [7, 11) is 0. The molecule has 0 spiro atoms. The second-order valence-corrected chi connectivity index (χ2v) is 6.25. The molecular formula is C13H26N2OS. The van der Waals surface area contributed by atoms with Crippen LogP contribution in [-0.2, 0) is 4.79 Å². The van der Waals surface area contributed by atoms with Crippen molar-refractivity contribution in [3.05, 3.63) is 0 Å². The third kappa shape index (κ3) is 6.32. The predicted octanol–water partition coefficient (Wildman–Crippen LogP) is 2.02. The molecule has 0 aromatic rings. The average molecular weight is 258 g/mol. The summed E-state index contributed by atoms with van der Waals surface area (Å²) < 4.78 is 0. The van der Waals surface area contributed by atoms with Crippen molar-refractivity contribution < 1.29 is 4.79 Å². The maximum Gasteiger partial charge on any atom is 0.232 e. The molecule has 0 aliphatic carbocycles. The Labute approximate surface area is 109 Å². The normalized spacial score (nSPS) is 21.4. The van der Waals surface area contributed by atoms with Gasteiger partial charge in [0, 0.05) is 6.54 Å². The topological polar surface area (TPSA) is 41.1 Å². The van der Waals surface area contributed by atoms with E-state index in [2.05, 4.69) is 17.6 Å². The van der Waals surface area contributed by atoms with E-state index in [1.165, 1.54) is 19.3 Å². The van der Waals surface area contributed by atoms with Gasteiger partial charge in [-0.25, -0.2) is 0 Å². The number of unbranched alkanes of at least 4 members (excludes halogenated alkanes) is 1. The number of rotatable bonds is 8. The highest BCUT2D eigenvalue weighted by atomic mass is 32.2. The molecule has 1 amide bonds. The monoisotopic (exact) mass is 258 g/mol. The van der Waals surface area contributed by atoms with Gasteiger partial charge in [-0.3, -0.25) is 4.79 Å². The zero-order valence-electron chi connectivity index (χ0n) is 11.1. The van der Waals surface area contributed by atoms with Gasteiger partial charge < -0.3 is 10.6 Å². The quantitative estimate of drug-likeness (QED) is 0.655. The highest BCUT2D eigenvalue weighted by Gasteiger charge is 2.16. The van der Waals surface area contributed by atoms with Gasteiger partial charge in [0.1, 0.15) is 0 Å². The van der Waals surface area contributed by atoms with Crippen LogP contribution in [0.4, 0.5) is 0 Å². The molecule has 1 saturated heterocycles. The van der Waals surface area contributed by atoms with Crippen molar-refractivity contribution in [3.8, 4) is 0 Å². The van der Waals surface area contributed by atoms with Crippen molar-refractivity contribution in [2.45, 2.75) is 44.8 Å². The molecule has 100 valence electrons. The van der Waals surface area contributed by atoms with Gasteiger partial charge in [0.25, 0.3) is 0 Å². The number of hydrogen-bond acceptors (Lipinski definition) is 3. The summed E-state index contributed by atoms with van der Waals surface area (Å²) in [5, 5.41) is 6.50. The van der Waals surface area contributed by atoms with E-state index in [0.29, 0.717) is 0 Å². The number of carbonyl (C=O) groups excluding carboxylic acids is 1. The summed E-state index contributed by atoms with van der Waals surface area (Å²) in [6.07, 6.45) is 4.79. The lowest BCUT2D eigenvalue weighted by Crippen LogP contribution is -2.32. The van der Waals surface area contributed by atoms with Crippen molar-refractivity contribution in [1.29, 1.82) is 0 Å². The summed E-state index contributed by atoms with van der Waals surface area (Å²) >= 11 is 1.77. The van der Waals surface area contributed by atoms with E-state index in [9.17, 15) is 4.79 Å². The molecule has 1 rings (SSSR count). The molecule has 0 saturated carbocycles.